The number of aromatic nitrogens is 4. The molecule has 1 fully saturated rings. The van der Waals surface area contributed by atoms with Gasteiger partial charge in [0.05, 0.1) is 12.0 Å². The standard InChI is InChI=1S/C20H18FN7O2/c21-14-4-1-2-5-15(14)22-20(29)27-11-9-26(10-12-27)18-8-7-17-23-24-19(28(17)25-18)16-6-3-13-30-16/h1-8,13H,9-12H2,(H,22,29). The molecule has 4 aromatic rings. The summed E-state index contributed by atoms with van der Waals surface area (Å²) in [5.41, 5.74) is 0.795. The summed E-state index contributed by atoms with van der Waals surface area (Å²) in [6.07, 6.45) is 1.58. The van der Waals surface area contributed by atoms with E-state index in [4.69, 9.17) is 4.42 Å². The molecule has 2 amide bonds. The Bertz CT molecular complexity index is 1180. The molecule has 9 nitrogen and oxygen atoms in total. The van der Waals surface area contributed by atoms with Gasteiger partial charge in [0.1, 0.15) is 11.6 Å². The van der Waals surface area contributed by atoms with E-state index >= 15 is 0 Å². The highest BCUT2D eigenvalue weighted by atomic mass is 19.1. The van der Waals surface area contributed by atoms with E-state index in [1.54, 1.807) is 46.0 Å². The Hall–Kier alpha value is -3.95. The third-order valence-corrected chi connectivity index (χ3v) is 5.00. The number of rotatable bonds is 3. The first-order valence-electron chi connectivity index (χ1n) is 9.51. The zero-order chi connectivity index (χ0) is 20.5. The molecular formula is C20H18FN7O2. The van der Waals surface area contributed by atoms with Gasteiger partial charge in [-0.3, -0.25) is 0 Å². The first-order chi connectivity index (χ1) is 14.7. The molecule has 0 spiro atoms. The summed E-state index contributed by atoms with van der Waals surface area (Å²) in [4.78, 5) is 16.2. The van der Waals surface area contributed by atoms with Crippen LogP contribution in [0.2, 0.25) is 0 Å². The third kappa shape index (κ3) is 3.32. The Morgan fingerprint density at radius 1 is 1.00 bits per heavy atom. The first kappa shape index (κ1) is 18.1. The number of carbonyl (C=O) groups is 1. The van der Waals surface area contributed by atoms with Gasteiger partial charge >= 0.3 is 6.03 Å². The van der Waals surface area contributed by atoms with Crippen molar-refractivity contribution in [2.24, 2.45) is 0 Å². The fraction of sp³-hybridized carbons (Fsp3) is 0.200. The number of para-hydroxylation sites is 1. The van der Waals surface area contributed by atoms with Gasteiger partial charge in [0.25, 0.3) is 0 Å². The molecule has 10 heteroatoms. The van der Waals surface area contributed by atoms with E-state index in [2.05, 4.69) is 25.5 Å². The number of urea groups is 1. The number of hydrogen-bond donors (Lipinski definition) is 1. The number of furan rings is 1. The van der Waals surface area contributed by atoms with Gasteiger partial charge in [0.15, 0.2) is 11.4 Å². The van der Waals surface area contributed by atoms with Gasteiger partial charge in [0.2, 0.25) is 5.82 Å². The number of nitrogens with one attached hydrogen (secondary N) is 1. The number of benzene rings is 1. The van der Waals surface area contributed by atoms with E-state index in [-0.39, 0.29) is 11.7 Å². The summed E-state index contributed by atoms with van der Waals surface area (Å²) in [5.74, 6) is 1.41. The lowest BCUT2D eigenvalue weighted by atomic mass is 10.3. The van der Waals surface area contributed by atoms with Gasteiger partial charge in [-0.1, -0.05) is 12.1 Å². The number of hydrogen-bond acceptors (Lipinski definition) is 6. The van der Waals surface area contributed by atoms with Crippen LogP contribution in [0.1, 0.15) is 0 Å². The van der Waals surface area contributed by atoms with Crippen LogP contribution >= 0.6 is 0 Å². The van der Waals surface area contributed by atoms with Gasteiger partial charge in [-0.25, -0.2) is 9.18 Å². The van der Waals surface area contributed by atoms with Crippen molar-refractivity contribution in [2.45, 2.75) is 0 Å². The lowest BCUT2D eigenvalue weighted by molar-refractivity contribution is 0.208. The Balaban J connectivity index is 1.28. The summed E-state index contributed by atoms with van der Waals surface area (Å²) in [7, 11) is 0. The highest BCUT2D eigenvalue weighted by Gasteiger charge is 2.23. The predicted molar refractivity (Wildman–Crippen MR) is 108 cm³/mol. The lowest BCUT2D eigenvalue weighted by Gasteiger charge is -2.35. The SMILES string of the molecule is O=C(Nc1ccccc1F)N1CCN(c2ccc3nnc(-c4ccco4)n3n2)CC1. The summed E-state index contributed by atoms with van der Waals surface area (Å²) in [6, 6.07) is 13.1. The van der Waals surface area contributed by atoms with Gasteiger partial charge in [-0.15, -0.1) is 15.3 Å². The summed E-state index contributed by atoms with van der Waals surface area (Å²) in [5, 5.41) is 15.6. The number of fused-ring (bicyclic) bond motifs is 1. The zero-order valence-corrected chi connectivity index (χ0v) is 15.9. The van der Waals surface area contributed by atoms with Crippen molar-refractivity contribution in [1.82, 2.24) is 24.7 Å². The van der Waals surface area contributed by atoms with Crippen molar-refractivity contribution in [1.29, 1.82) is 0 Å². The highest BCUT2D eigenvalue weighted by Crippen LogP contribution is 2.21. The number of nitrogens with zero attached hydrogens (tertiary/aromatic N) is 6. The van der Waals surface area contributed by atoms with Crippen LogP contribution in [0.25, 0.3) is 17.2 Å². The molecular weight excluding hydrogens is 389 g/mol. The van der Waals surface area contributed by atoms with Crippen molar-refractivity contribution in [3.63, 3.8) is 0 Å². The molecule has 30 heavy (non-hydrogen) atoms. The normalized spacial score (nSPS) is 14.3. The van der Waals surface area contributed by atoms with Crippen molar-refractivity contribution in [3.05, 3.63) is 60.6 Å². The molecule has 0 atom stereocenters. The molecule has 3 aromatic heterocycles. The second-order valence-corrected chi connectivity index (χ2v) is 6.85. The lowest BCUT2D eigenvalue weighted by Crippen LogP contribution is -2.50. The average Bonchev–Trinajstić information content (AvgIpc) is 3.44. The van der Waals surface area contributed by atoms with Crippen LogP contribution in [0.4, 0.5) is 20.7 Å². The molecule has 1 saturated heterocycles. The average molecular weight is 407 g/mol. The molecule has 0 radical (unpaired) electrons. The van der Waals surface area contributed by atoms with Gasteiger partial charge in [-0.2, -0.15) is 4.52 Å². The van der Waals surface area contributed by atoms with Crippen LogP contribution in [0.3, 0.4) is 0 Å². The third-order valence-electron chi connectivity index (χ3n) is 5.00. The fourth-order valence-corrected chi connectivity index (χ4v) is 3.40. The Kier molecular flexibility index (Phi) is 4.51. The molecule has 0 saturated carbocycles. The first-order valence-corrected chi connectivity index (χ1v) is 9.51. The molecule has 1 N–H and O–H groups in total. The number of anilines is 2. The number of amides is 2. The number of halogens is 1. The predicted octanol–water partition coefficient (Wildman–Crippen LogP) is 2.88. The van der Waals surface area contributed by atoms with Crippen LogP contribution in [-0.4, -0.2) is 56.9 Å². The quantitative estimate of drug-likeness (QED) is 0.562. The van der Waals surface area contributed by atoms with Crippen molar-refractivity contribution in [2.75, 3.05) is 36.4 Å². The number of carbonyl (C=O) groups excluding carboxylic acids is 1. The van der Waals surface area contributed by atoms with E-state index in [0.29, 0.717) is 43.4 Å². The van der Waals surface area contributed by atoms with Crippen molar-refractivity contribution < 1.29 is 13.6 Å². The van der Waals surface area contributed by atoms with E-state index in [1.807, 2.05) is 12.1 Å². The molecule has 0 aliphatic carbocycles. The Labute approximate surface area is 170 Å². The highest BCUT2D eigenvalue weighted by molar-refractivity contribution is 5.89. The molecule has 1 aliphatic heterocycles. The van der Waals surface area contributed by atoms with Crippen LogP contribution in [0, 0.1) is 5.82 Å². The summed E-state index contributed by atoms with van der Waals surface area (Å²) >= 11 is 0. The Morgan fingerprint density at radius 2 is 1.83 bits per heavy atom. The van der Waals surface area contributed by atoms with Crippen molar-refractivity contribution >= 4 is 23.2 Å². The summed E-state index contributed by atoms with van der Waals surface area (Å²) in [6.45, 7) is 2.18. The maximum atomic E-state index is 13.8. The van der Waals surface area contributed by atoms with E-state index < -0.39 is 5.82 Å². The van der Waals surface area contributed by atoms with Gasteiger partial charge < -0.3 is 19.5 Å². The van der Waals surface area contributed by atoms with Gasteiger partial charge in [-0.05, 0) is 36.4 Å². The maximum Gasteiger partial charge on any atom is 0.322 e. The van der Waals surface area contributed by atoms with Crippen LogP contribution in [0.15, 0.2) is 59.2 Å². The van der Waals surface area contributed by atoms with Crippen LogP contribution in [-0.2, 0) is 0 Å². The van der Waals surface area contributed by atoms with E-state index in [0.717, 1.165) is 5.82 Å². The van der Waals surface area contributed by atoms with E-state index in [1.165, 1.54) is 6.07 Å². The molecule has 1 aliphatic rings. The number of piperazine rings is 1. The van der Waals surface area contributed by atoms with Crippen LogP contribution < -0.4 is 10.2 Å². The smallest absolute Gasteiger partial charge is 0.322 e. The molecule has 4 heterocycles. The van der Waals surface area contributed by atoms with Crippen LogP contribution in [0.5, 0.6) is 0 Å². The van der Waals surface area contributed by atoms with Crippen molar-refractivity contribution in [3.8, 4) is 11.6 Å². The largest absolute Gasteiger partial charge is 0.461 e. The minimum Gasteiger partial charge on any atom is -0.461 e. The fourth-order valence-electron chi connectivity index (χ4n) is 3.40. The second-order valence-electron chi connectivity index (χ2n) is 6.85. The molecule has 0 unspecified atom stereocenters. The molecule has 1 aromatic carbocycles. The maximum absolute atomic E-state index is 13.8. The molecule has 5 rings (SSSR count). The van der Waals surface area contributed by atoms with E-state index in [9.17, 15) is 9.18 Å². The topological polar surface area (TPSA) is 91.8 Å². The van der Waals surface area contributed by atoms with Gasteiger partial charge in [0, 0.05) is 26.2 Å². The minimum absolute atomic E-state index is 0.176. The monoisotopic (exact) mass is 407 g/mol. The summed E-state index contributed by atoms with van der Waals surface area (Å²) < 4.78 is 20.8. The minimum atomic E-state index is -0.455. The Morgan fingerprint density at radius 3 is 2.60 bits per heavy atom. The zero-order valence-electron chi connectivity index (χ0n) is 15.9. The second kappa shape index (κ2) is 7.47. The molecule has 0 bridgehead atoms. The molecule has 152 valence electrons.